The Labute approximate surface area is 234 Å². The maximum atomic E-state index is 13.2. The van der Waals surface area contributed by atoms with Gasteiger partial charge in [0.2, 0.25) is 17.7 Å². The fourth-order valence-corrected chi connectivity index (χ4v) is 4.98. The zero-order valence-electron chi connectivity index (χ0n) is 23.6. The average molecular weight is 548 g/mol. The maximum absolute atomic E-state index is 13.2. The lowest BCUT2D eigenvalue weighted by molar-refractivity contribution is -0.131. The van der Waals surface area contributed by atoms with Gasteiger partial charge in [-0.1, -0.05) is 18.2 Å². The minimum atomic E-state index is 0.0511. The zero-order valence-corrected chi connectivity index (χ0v) is 23.6. The third kappa shape index (κ3) is 6.23. The summed E-state index contributed by atoms with van der Waals surface area (Å²) in [5.41, 5.74) is 1.92. The van der Waals surface area contributed by atoms with E-state index in [1.807, 2.05) is 21.9 Å². The van der Waals surface area contributed by atoms with Crippen molar-refractivity contribution < 1.29 is 14.3 Å². The molecule has 1 N–H and O–H groups in total. The van der Waals surface area contributed by atoms with E-state index >= 15 is 0 Å². The van der Waals surface area contributed by atoms with Gasteiger partial charge in [-0.05, 0) is 26.1 Å². The highest BCUT2D eigenvalue weighted by Crippen LogP contribution is 2.30. The van der Waals surface area contributed by atoms with Crippen molar-refractivity contribution >= 4 is 29.7 Å². The highest BCUT2D eigenvalue weighted by atomic mass is 16.5. The van der Waals surface area contributed by atoms with Gasteiger partial charge in [0.05, 0.1) is 33.4 Å². The molecule has 4 heterocycles. The number of fused-ring (bicyclic) bond motifs is 1. The van der Waals surface area contributed by atoms with Crippen molar-refractivity contribution in [2.75, 3.05) is 66.4 Å². The number of methoxy groups -OCH3 is 2. The van der Waals surface area contributed by atoms with Crippen LogP contribution in [0.3, 0.4) is 0 Å². The number of allylic oxidation sites excluding steroid dienone is 2. The van der Waals surface area contributed by atoms with E-state index in [2.05, 4.69) is 62.4 Å². The van der Waals surface area contributed by atoms with Crippen molar-refractivity contribution in [3.8, 4) is 11.8 Å². The molecule has 0 spiro atoms. The first-order valence-electron chi connectivity index (χ1n) is 13.5. The summed E-state index contributed by atoms with van der Waals surface area (Å²) in [5.74, 6) is 3.32. The fraction of sp³-hybridized carbons (Fsp3) is 0.464. The number of carbonyl (C=O) groups is 1. The van der Waals surface area contributed by atoms with Gasteiger partial charge in [-0.15, -0.1) is 0 Å². The number of carbonyl (C=O) groups excluding carboxylic acids is 1. The second-order valence-corrected chi connectivity index (χ2v) is 10.1. The second-order valence-electron chi connectivity index (χ2n) is 10.1. The summed E-state index contributed by atoms with van der Waals surface area (Å²) in [7, 11) is 7.31. The first kappa shape index (κ1) is 27.5. The molecular weight excluding hydrogens is 510 g/mol. The Bertz CT molecular complexity index is 1310. The van der Waals surface area contributed by atoms with Crippen LogP contribution in [0.15, 0.2) is 35.5 Å². The van der Waals surface area contributed by atoms with Crippen LogP contribution < -0.4 is 14.8 Å². The van der Waals surface area contributed by atoms with Crippen LogP contribution in [0.1, 0.15) is 23.8 Å². The molecule has 3 aliphatic rings. The van der Waals surface area contributed by atoms with Crippen LogP contribution in [0.2, 0.25) is 0 Å². The molecule has 2 aromatic rings. The van der Waals surface area contributed by atoms with E-state index in [1.165, 1.54) is 0 Å². The van der Waals surface area contributed by atoms with E-state index in [1.54, 1.807) is 26.5 Å². The van der Waals surface area contributed by atoms with Gasteiger partial charge in [-0.2, -0.15) is 9.97 Å². The second kappa shape index (κ2) is 12.4. The lowest BCUT2D eigenvalue weighted by Crippen LogP contribution is -2.49. The number of hydrogen-bond donors (Lipinski definition) is 1. The van der Waals surface area contributed by atoms with E-state index in [0.29, 0.717) is 49.7 Å². The summed E-state index contributed by atoms with van der Waals surface area (Å²) in [6.07, 6.45) is 13.6. The van der Waals surface area contributed by atoms with Crippen molar-refractivity contribution in [1.82, 2.24) is 34.2 Å². The lowest BCUT2D eigenvalue weighted by atomic mass is 10.00. The maximum Gasteiger partial charge on any atom is 0.242 e. The SMILES string of the molecule is COc1cc(OC)nc(CN2CCN(C(=O)CNc3c(C4=CCC(N(C)C)C=C4)nc4n3C=CN=CC4)CC2)n1. The van der Waals surface area contributed by atoms with Crippen LogP contribution in [0, 0.1) is 0 Å². The minimum Gasteiger partial charge on any atom is -0.481 e. The topological polar surface area (TPSA) is 113 Å². The average Bonchev–Trinajstić information content (AvgIpc) is 3.15. The molecule has 12 nitrogen and oxygen atoms in total. The number of amides is 1. The predicted molar refractivity (Wildman–Crippen MR) is 154 cm³/mol. The van der Waals surface area contributed by atoms with Crippen LogP contribution >= 0.6 is 0 Å². The number of likely N-dealkylation sites (N-methyl/N-ethyl adjacent to an activating group) is 1. The van der Waals surface area contributed by atoms with Crippen molar-refractivity contribution in [3.63, 3.8) is 0 Å². The number of piperazine rings is 1. The molecule has 0 saturated carbocycles. The summed E-state index contributed by atoms with van der Waals surface area (Å²) < 4.78 is 12.5. The van der Waals surface area contributed by atoms with E-state index in [4.69, 9.17) is 14.5 Å². The Balaban J connectivity index is 1.22. The molecule has 0 bridgehead atoms. The molecule has 1 amide bonds. The van der Waals surface area contributed by atoms with Gasteiger partial charge in [0.25, 0.3) is 0 Å². The van der Waals surface area contributed by atoms with Gasteiger partial charge in [-0.25, -0.2) is 4.98 Å². The van der Waals surface area contributed by atoms with Crippen molar-refractivity contribution in [3.05, 3.63) is 47.8 Å². The molecule has 1 fully saturated rings. The van der Waals surface area contributed by atoms with Gasteiger partial charge in [-0.3, -0.25) is 19.3 Å². The Morgan fingerprint density at radius 3 is 2.50 bits per heavy atom. The number of nitrogens with one attached hydrogen (secondary N) is 1. The molecule has 2 aliphatic heterocycles. The first-order valence-corrected chi connectivity index (χ1v) is 13.5. The number of hydrogen-bond acceptors (Lipinski definition) is 10. The third-order valence-electron chi connectivity index (χ3n) is 7.32. The Morgan fingerprint density at radius 1 is 1.10 bits per heavy atom. The number of anilines is 1. The Morgan fingerprint density at radius 2 is 1.85 bits per heavy atom. The molecule has 1 unspecified atom stereocenters. The van der Waals surface area contributed by atoms with Crippen LogP contribution in [-0.4, -0.2) is 113 Å². The highest BCUT2D eigenvalue weighted by Gasteiger charge is 2.25. The van der Waals surface area contributed by atoms with Crippen LogP contribution in [0.25, 0.3) is 11.8 Å². The van der Waals surface area contributed by atoms with Crippen molar-refractivity contribution in [2.24, 2.45) is 4.99 Å². The lowest BCUT2D eigenvalue weighted by Gasteiger charge is -2.34. The monoisotopic (exact) mass is 547 g/mol. The molecule has 12 heteroatoms. The van der Waals surface area contributed by atoms with Gasteiger partial charge in [0.1, 0.15) is 23.2 Å². The third-order valence-corrected chi connectivity index (χ3v) is 7.32. The number of aromatic nitrogens is 4. The van der Waals surface area contributed by atoms with Crippen LogP contribution in [0.5, 0.6) is 11.8 Å². The summed E-state index contributed by atoms with van der Waals surface area (Å²) in [6, 6.07) is 2.02. The van der Waals surface area contributed by atoms with Gasteiger partial charge in [0, 0.05) is 57.3 Å². The summed E-state index contributed by atoms with van der Waals surface area (Å²) in [6.45, 7) is 3.46. The molecule has 40 heavy (non-hydrogen) atoms. The van der Waals surface area contributed by atoms with Gasteiger partial charge in [0.15, 0.2) is 0 Å². The van der Waals surface area contributed by atoms with E-state index in [-0.39, 0.29) is 12.5 Å². The van der Waals surface area contributed by atoms with Gasteiger partial charge < -0.3 is 24.6 Å². The number of nitrogens with zero attached hydrogens (tertiary/aromatic N) is 8. The smallest absolute Gasteiger partial charge is 0.242 e. The zero-order chi connectivity index (χ0) is 28.1. The van der Waals surface area contributed by atoms with E-state index in [0.717, 1.165) is 42.4 Å². The number of ether oxygens (including phenoxy) is 2. The Kier molecular flexibility index (Phi) is 8.56. The van der Waals surface area contributed by atoms with Crippen LogP contribution in [-0.2, 0) is 17.8 Å². The van der Waals surface area contributed by atoms with E-state index < -0.39 is 0 Å². The number of aliphatic imine (C=N–C) groups is 1. The minimum absolute atomic E-state index is 0.0511. The Hall–Kier alpha value is -4.03. The number of imidazole rings is 1. The first-order chi connectivity index (χ1) is 19.4. The molecule has 0 radical (unpaired) electrons. The molecule has 1 aliphatic carbocycles. The summed E-state index contributed by atoms with van der Waals surface area (Å²) >= 11 is 0. The predicted octanol–water partition coefficient (Wildman–Crippen LogP) is 1.78. The van der Waals surface area contributed by atoms with Crippen LogP contribution in [0.4, 0.5) is 5.82 Å². The molecule has 1 saturated heterocycles. The molecule has 5 rings (SSSR count). The molecular formula is C28H37N9O3. The summed E-state index contributed by atoms with van der Waals surface area (Å²) in [5, 5.41) is 3.41. The fourth-order valence-electron chi connectivity index (χ4n) is 4.98. The van der Waals surface area contributed by atoms with Crippen molar-refractivity contribution in [2.45, 2.75) is 25.4 Å². The van der Waals surface area contributed by atoms with Crippen molar-refractivity contribution in [1.29, 1.82) is 0 Å². The largest absolute Gasteiger partial charge is 0.481 e. The normalized spacial score (nSPS) is 18.9. The molecule has 2 aromatic heterocycles. The molecule has 0 aromatic carbocycles. The molecule has 1 atom stereocenters. The summed E-state index contributed by atoms with van der Waals surface area (Å²) in [4.78, 5) is 37.6. The quantitative estimate of drug-likeness (QED) is 0.502. The molecule has 212 valence electrons. The standard InChI is InChI=1S/C28H37N9O3/c1-34(2)21-7-5-20(6-8-21)27-28(37-12-11-29-10-9-23(37)33-27)30-18-26(38)36-15-13-35(14-16-36)19-22-31-24(39-3)17-25(32-22)40-4/h5-7,10-12,17,21,30H,8-9,13-16,18-19H2,1-4H3. The van der Waals surface area contributed by atoms with Gasteiger partial charge >= 0.3 is 0 Å². The highest BCUT2D eigenvalue weighted by molar-refractivity contribution is 5.85. The number of rotatable bonds is 9. The van der Waals surface area contributed by atoms with E-state index in [9.17, 15) is 4.79 Å².